The molecule has 1 aromatic carbocycles. The van der Waals surface area contributed by atoms with E-state index in [2.05, 4.69) is 20.8 Å². The average molecular weight is 415 g/mol. The normalized spacial score (nSPS) is 10.3. The number of carbonyl (C=O) groups excluding carboxylic acids is 2. The second-order valence-corrected chi connectivity index (χ2v) is 7.55. The minimum Gasteiger partial charge on any atom is -0.497 e. The first kappa shape index (κ1) is 19.8. The zero-order chi connectivity index (χ0) is 19.8. The third-order valence-electron chi connectivity index (χ3n) is 3.60. The molecule has 0 fully saturated rings. The summed E-state index contributed by atoms with van der Waals surface area (Å²) in [5, 5.41) is 16.0. The van der Waals surface area contributed by atoms with Gasteiger partial charge in [-0.05, 0) is 41.3 Å². The van der Waals surface area contributed by atoms with Gasteiger partial charge in [0.2, 0.25) is 5.91 Å². The lowest BCUT2D eigenvalue weighted by molar-refractivity contribution is -0.118. The van der Waals surface area contributed by atoms with E-state index in [-0.39, 0.29) is 17.6 Å². The second-order valence-electron chi connectivity index (χ2n) is 5.61. The Kier molecular flexibility index (Phi) is 6.99. The van der Waals surface area contributed by atoms with Gasteiger partial charge < -0.3 is 15.4 Å². The number of benzene rings is 1. The van der Waals surface area contributed by atoms with Crippen LogP contribution in [0, 0.1) is 0 Å². The van der Waals surface area contributed by atoms with Crippen LogP contribution in [0.4, 0.5) is 5.82 Å². The Morgan fingerprint density at radius 1 is 1.14 bits per heavy atom. The summed E-state index contributed by atoms with van der Waals surface area (Å²) in [6.45, 7) is 0.427. The van der Waals surface area contributed by atoms with Gasteiger partial charge >= 0.3 is 0 Å². The van der Waals surface area contributed by atoms with E-state index in [1.165, 1.54) is 23.1 Å². The molecule has 0 spiro atoms. The van der Waals surface area contributed by atoms with Gasteiger partial charge in [-0.1, -0.05) is 30.0 Å². The van der Waals surface area contributed by atoms with E-state index in [4.69, 9.17) is 4.74 Å². The van der Waals surface area contributed by atoms with Crippen molar-refractivity contribution in [3.8, 4) is 5.75 Å². The summed E-state index contributed by atoms with van der Waals surface area (Å²) in [5.74, 6) is 1.01. The van der Waals surface area contributed by atoms with Crippen molar-refractivity contribution >= 4 is 40.7 Å². The molecule has 2 aromatic heterocycles. The number of amides is 2. The number of methoxy groups -OCH3 is 1. The summed E-state index contributed by atoms with van der Waals surface area (Å²) in [4.78, 5) is 24.6. The number of anilines is 1. The highest BCUT2D eigenvalue weighted by molar-refractivity contribution is 7.99. The number of ether oxygens (including phenoxy) is 1. The summed E-state index contributed by atoms with van der Waals surface area (Å²) in [5.41, 5.74) is 0.961. The van der Waals surface area contributed by atoms with Crippen LogP contribution in [0.5, 0.6) is 5.75 Å². The number of carbonyl (C=O) groups is 2. The predicted molar refractivity (Wildman–Crippen MR) is 110 cm³/mol. The summed E-state index contributed by atoms with van der Waals surface area (Å²) in [6, 6.07) is 14.5. The van der Waals surface area contributed by atoms with E-state index in [1.807, 2.05) is 35.7 Å². The molecule has 9 heteroatoms. The third-order valence-corrected chi connectivity index (χ3v) is 5.39. The first-order valence-corrected chi connectivity index (χ1v) is 10.2. The lowest BCUT2D eigenvalue weighted by atomic mass is 10.2. The Bertz CT molecular complexity index is 931. The van der Waals surface area contributed by atoms with Crippen LogP contribution >= 0.6 is 23.1 Å². The summed E-state index contributed by atoms with van der Waals surface area (Å²) < 4.78 is 5.16. The van der Waals surface area contributed by atoms with Gasteiger partial charge in [-0.25, -0.2) is 0 Å². The molecule has 0 saturated heterocycles. The Morgan fingerprint density at radius 3 is 2.75 bits per heavy atom. The van der Waals surface area contributed by atoms with Crippen LogP contribution < -0.4 is 15.4 Å². The van der Waals surface area contributed by atoms with Crippen LogP contribution in [0.25, 0.3) is 0 Å². The molecule has 7 nitrogen and oxygen atoms in total. The molecular weight excluding hydrogens is 396 g/mol. The number of nitrogens with one attached hydrogen (secondary N) is 2. The fourth-order valence-corrected chi connectivity index (χ4v) is 3.49. The van der Waals surface area contributed by atoms with Crippen molar-refractivity contribution in [2.24, 2.45) is 0 Å². The van der Waals surface area contributed by atoms with Crippen molar-refractivity contribution < 1.29 is 14.3 Å². The molecule has 0 saturated carbocycles. The van der Waals surface area contributed by atoms with Gasteiger partial charge in [0.05, 0.1) is 17.7 Å². The average Bonchev–Trinajstić information content (AvgIpc) is 3.27. The highest BCUT2D eigenvalue weighted by Gasteiger charge is 2.09. The number of thiophene rings is 1. The standard InChI is InChI=1S/C19H18N4O3S2/c1-26-14-5-2-4-13(10-14)11-20-17(24)12-28-18-8-7-16(22-23-18)21-19(25)15-6-3-9-27-15/h2-10H,11-12H2,1H3,(H,20,24)(H,21,22,25). The number of aromatic nitrogens is 2. The first-order chi connectivity index (χ1) is 13.6. The number of nitrogens with zero attached hydrogens (tertiary/aromatic N) is 2. The summed E-state index contributed by atoms with van der Waals surface area (Å²) in [7, 11) is 1.61. The molecule has 0 atom stereocenters. The Labute approximate surface area is 170 Å². The van der Waals surface area contributed by atoms with Gasteiger partial charge in [-0.15, -0.1) is 21.5 Å². The zero-order valence-corrected chi connectivity index (χ0v) is 16.7. The lowest BCUT2D eigenvalue weighted by Crippen LogP contribution is -2.24. The van der Waals surface area contributed by atoms with E-state index in [0.29, 0.717) is 22.3 Å². The van der Waals surface area contributed by atoms with Crippen molar-refractivity contribution in [3.63, 3.8) is 0 Å². The molecular formula is C19H18N4O3S2. The van der Waals surface area contributed by atoms with Crippen LogP contribution in [0.3, 0.4) is 0 Å². The highest BCUT2D eigenvalue weighted by Crippen LogP contribution is 2.17. The fourth-order valence-electron chi connectivity index (χ4n) is 2.22. The number of hydrogen-bond acceptors (Lipinski definition) is 7. The van der Waals surface area contributed by atoms with E-state index < -0.39 is 0 Å². The molecule has 0 aliphatic carbocycles. The minimum absolute atomic E-state index is 0.107. The molecule has 0 bridgehead atoms. The van der Waals surface area contributed by atoms with E-state index in [1.54, 1.807) is 25.3 Å². The predicted octanol–water partition coefficient (Wildman–Crippen LogP) is 3.21. The zero-order valence-electron chi connectivity index (χ0n) is 15.0. The van der Waals surface area contributed by atoms with Crippen molar-refractivity contribution in [1.82, 2.24) is 15.5 Å². The van der Waals surface area contributed by atoms with Crippen molar-refractivity contribution in [3.05, 3.63) is 64.4 Å². The maximum atomic E-state index is 12.0. The maximum absolute atomic E-state index is 12.0. The molecule has 3 aromatic rings. The SMILES string of the molecule is COc1cccc(CNC(=O)CSc2ccc(NC(=O)c3cccs3)nn2)c1. The van der Waals surface area contributed by atoms with Crippen LogP contribution in [0.15, 0.2) is 58.9 Å². The fraction of sp³-hybridized carbons (Fsp3) is 0.158. The molecule has 28 heavy (non-hydrogen) atoms. The van der Waals surface area contributed by atoms with E-state index in [0.717, 1.165) is 11.3 Å². The highest BCUT2D eigenvalue weighted by atomic mass is 32.2. The van der Waals surface area contributed by atoms with Gasteiger partial charge in [0.25, 0.3) is 5.91 Å². The molecule has 0 aliphatic rings. The number of thioether (sulfide) groups is 1. The van der Waals surface area contributed by atoms with E-state index in [9.17, 15) is 9.59 Å². The molecule has 3 rings (SSSR count). The van der Waals surface area contributed by atoms with Crippen molar-refractivity contribution in [1.29, 1.82) is 0 Å². The Balaban J connectivity index is 1.43. The maximum Gasteiger partial charge on any atom is 0.266 e. The molecule has 0 unspecified atom stereocenters. The van der Waals surface area contributed by atoms with E-state index >= 15 is 0 Å². The van der Waals surface area contributed by atoms with Gasteiger partial charge in [-0.3, -0.25) is 9.59 Å². The largest absolute Gasteiger partial charge is 0.497 e. The van der Waals surface area contributed by atoms with Crippen LogP contribution in [-0.4, -0.2) is 34.9 Å². The summed E-state index contributed by atoms with van der Waals surface area (Å²) in [6.07, 6.45) is 0. The van der Waals surface area contributed by atoms with Crippen LogP contribution in [-0.2, 0) is 11.3 Å². The monoisotopic (exact) mass is 414 g/mol. The molecule has 2 heterocycles. The van der Waals surface area contributed by atoms with Gasteiger partial charge in [0.15, 0.2) is 5.82 Å². The van der Waals surface area contributed by atoms with Crippen molar-refractivity contribution in [2.45, 2.75) is 11.6 Å². The Morgan fingerprint density at radius 2 is 2.04 bits per heavy atom. The Hall–Kier alpha value is -2.91. The first-order valence-electron chi connectivity index (χ1n) is 8.35. The van der Waals surface area contributed by atoms with Crippen LogP contribution in [0.1, 0.15) is 15.2 Å². The lowest BCUT2D eigenvalue weighted by Gasteiger charge is -2.07. The third kappa shape index (κ3) is 5.80. The van der Waals surface area contributed by atoms with Crippen molar-refractivity contribution in [2.75, 3.05) is 18.2 Å². The van der Waals surface area contributed by atoms with Gasteiger partial charge in [-0.2, -0.15) is 0 Å². The smallest absolute Gasteiger partial charge is 0.266 e. The number of rotatable bonds is 8. The second kappa shape index (κ2) is 9.86. The quantitative estimate of drug-likeness (QED) is 0.550. The molecule has 0 aliphatic heterocycles. The van der Waals surface area contributed by atoms with Gasteiger partial charge in [0.1, 0.15) is 10.8 Å². The molecule has 0 radical (unpaired) electrons. The van der Waals surface area contributed by atoms with Gasteiger partial charge in [0, 0.05) is 6.54 Å². The minimum atomic E-state index is -0.221. The molecule has 2 amide bonds. The molecule has 2 N–H and O–H groups in total. The molecule has 144 valence electrons. The topological polar surface area (TPSA) is 93.2 Å². The number of hydrogen-bond donors (Lipinski definition) is 2. The summed E-state index contributed by atoms with van der Waals surface area (Å²) >= 11 is 2.63. The van der Waals surface area contributed by atoms with Crippen LogP contribution in [0.2, 0.25) is 0 Å².